The fourth-order valence-electron chi connectivity index (χ4n) is 1.91. The van der Waals surface area contributed by atoms with E-state index in [-0.39, 0.29) is 5.91 Å². The smallest absolute Gasteiger partial charge is 0.239 e. The Hall–Kier alpha value is -1.01. The number of amidine groups is 1. The molecule has 0 atom stereocenters. The zero-order valence-electron chi connectivity index (χ0n) is 10.8. The molecule has 21 heavy (non-hydrogen) atoms. The summed E-state index contributed by atoms with van der Waals surface area (Å²) in [6, 6.07) is 9.10. The first-order valence-corrected chi connectivity index (χ1v) is 8.74. The van der Waals surface area contributed by atoms with Gasteiger partial charge < -0.3 is 0 Å². The lowest BCUT2D eigenvalue weighted by atomic mass is 10.3. The highest BCUT2D eigenvalue weighted by atomic mass is 35.5. The average molecular weight is 357 g/mol. The first-order valence-electron chi connectivity index (χ1n) is 6.12. The molecule has 2 aromatic rings. The van der Waals surface area contributed by atoms with Gasteiger partial charge in [0.05, 0.1) is 18.0 Å². The van der Waals surface area contributed by atoms with E-state index in [0.29, 0.717) is 33.2 Å². The molecule has 1 fully saturated rings. The number of hydrogen-bond acceptors (Lipinski definition) is 4. The van der Waals surface area contributed by atoms with Gasteiger partial charge in [-0.2, -0.15) is 0 Å². The van der Waals surface area contributed by atoms with Crippen LogP contribution < -0.4 is 0 Å². The van der Waals surface area contributed by atoms with Crippen LogP contribution in [0.3, 0.4) is 0 Å². The van der Waals surface area contributed by atoms with Crippen LogP contribution in [0.4, 0.5) is 5.69 Å². The molecule has 0 aliphatic carbocycles. The molecule has 2 heterocycles. The number of thioether (sulfide) groups is 1. The standard InChI is InChI=1S/C14H10Cl2N2OS2/c15-9-4-10(16)6-11(5-9)17-14-18(13(19)8-21-14)7-12-2-1-3-20-12/h1-6H,7-8H2. The van der Waals surface area contributed by atoms with Gasteiger partial charge in [-0.3, -0.25) is 9.69 Å². The zero-order chi connectivity index (χ0) is 14.8. The minimum absolute atomic E-state index is 0.0697. The molecule has 0 radical (unpaired) electrons. The van der Waals surface area contributed by atoms with Gasteiger partial charge in [-0.25, -0.2) is 4.99 Å². The minimum Gasteiger partial charge on any atom is -0.285 e. The second-order valence-corrected chi connectivity index (χ2v) is 7.22. The maximum Gasteiger partial charge on any atom is 0.239 e. The van der Waals surface area contributed by atoms with E-state index in [9.17, 15) is 4.79 Å². The van der Waals surface area contributed by atoms with Crippen LogP contribution in [0, 0.1) is 0 Å². The number of halogens is 2. The third-order valence-corrected chi connectivity index (χ3v) is 5.08. The van der Waals surface area contributed by atoms with E-state index >= 15 is 0 Å². The number of benzene rings is 1. The van der Waals surface area contributed by atoms with Crippen molar-refractivity contribution in [1.29, 1.82) is 0 Å². The van der Waals surface area contributed by atoms with Crippen molar-refractivity contribution < 1.29 is 4.79 Å². The van der Waals surface area contributed by atoms with E-state index in [1.807, 2.05) is 17.5 Å². The Morgan fingerprint density at radius 2 is 2.00 bits per heavy atom. The molecule has 1 aromatic heterocycles. The lowest BCUT2D eigenvalue weighted by Crippen LogP contribution is -2.28. The fourth-order valence-corrected chi connectivity index (χ4v) is 4.02. The molecule has 0 bridgehead atoms. The molecule has 3 nitrogen and oxygen atoms in total. The van der Waals surface area contributed by atoms with Gasteiger partial charge in [0, 0.05) is 14.9 Å². The largest absolute Gasteiger partial charge is 0.285 e. The van der Waals surface area contributed by atoms with Gasteiger partial charge in [-0.1, -0.05) is 41.0 Å². The molecule has 1 aromatic carbocycles. The summed E-state index contributed by atoms with van der Waals surface area (Å²) in [4.78, 5) is 19.4. The number of carbonyl (C=O) groups is 1. The van der Waals surface area contributed by atoms with Gasteiger partial charge in [-0.05, 0) is 29.6 Å². The van der Waals surface area contributed by atoms with Crippen LogP contribution in [0.15, 0.2) is 40.7 Å². The van der Waals surface area contributed by atoms with Crippen molar-refractivity contribution in [2.45, 2.75) is 6.54 Å². The van der Waals surface area contributed by atoms with E-state index in [0.717, 1.165) is 4.88 Å². The summed E-state index contributed by atoms with van der Waals surface area (Å²) >= 11 is 15.0. The Labute approximate surface area is 140 Å². The fraction of sp³-hybridized carbons (Fsp3) is 0.143. The van der Waals surface area contributed by atoms with Gasteiger partial charge in [-0.15, -0.1) is 11.3 Å². The topological polar surface area (TPSA) is 32.7 Å². The maximum absolute atomic E-state index is 12.0. The number of nitrogens with zero attached hydrogens (tertiary/aromatic N) is 2. The van der Waals surface area contributed by atoms with Crippen molar-refractivity contribution in [2.24, 2.45) is 4.99 Å². The summed E-state index contributed by atoms with van der Waals surface area (Å²) in [5.74, 6) is 0.485. The lowest BCUT2D eigenvalue weighted by Gasteiger charge is -2.14. The second kappa shape index (κ2) is 6.40. The Morgan fingerprint density at radius 1 is 1.24 bits per heavy atom. The predicted octanol–water partition coefficient (Wildman–Crippen LogP) is 4.82. The number of hydrogen-bond donors (Lipinski definition) is 0. The molecule has 108 valence electrons. The average Bonchev–Trinajstić information content (AvgIpc) is 3.03. The molecule has 0 unspecified atom stereocenters. The first kappa shape index (κ1) is 14.9. The van der Waals surface area contributed by atoms with Gasteiger partial charge in [0.25, 0.3) is 0 Å². The van der Waals surface area contributed by atoms with Crippen LogP contribution in [0.1, 0.15) is 4.88 Å². The normalized spacial score (nSPS) is 17.0. The number of rotatable bonds is 3. The molecule has 3 rings (SSSR count). The highest BCUT2D eigenvalue weighted by Gasteiger charge is 2.28. The van der Waals surface area contributed by atoms with E-state index in [1.54, 1.807) is 34.4 Å². The third kappa shape index (κ3) is 3.61. The summed E-state index contributed by atoms with van der Waals surface area (Å²) in [6.07, 6.45) is 0. The monoisotopic (exact) mass is 356 g/mol. The van der Waals surface area contributed by atoms with Crippen molar-refractivity contribution in [3.63, 3.8) is 0 Å². The van der Waals surface area contributed by atoms with Crippen molar-refractivity contribution in [1.82, 2.24) is 4.90 Å². The Bertz CT molecular complexity index is 681. The van der Waals surface area contributed by atoms with E-state index in [1.165, 1.54) is 11.8 Å². The Balaban J connectivity index is 1.88. The van der Waals surface area contributed by atoms with Gasteiger partial charge in [0.15, 0.2) is 5.17 Å². The summed E-state index contributed by atoms with van der Waals surface area (Å²) in [7, 11) is 0. The van der Waals surface area contributed by atoms with Crippen LogP contribution in [0.25, 0.3) is 0 Å². The van der Waals surface area contributed by atoms with Crippen molar-refractivity contribution in [3.8, 4) is 0 Å². The van der Waals surface area contributed by atoms with Gasteiger partial charge in [0.1, 0.15) is 0 Å². The minimum atomic E-state index is 0.0697. The van der Waals surface area contributed by atoms with E-state index < -0.39 is 0 Å². The van der Waals surface area contributed by atoms with Crippen molar-refractivity contribution >= 4 is 63.1 Å². The second-order valence-electron chi connectivity index (χ2n) is 4.37. The quantitative estimate of drug-likeness (QED) is 0.789. The molecule has 7 heteroatoms. The molecule has 1 saturated heterocycles. The highest BCUT2D eigenvalue weighted by Crippen LogP contribution is 2.29. The van der Waals surface area contributed by atoms with E-state index in [2.05, 4.69) is 4.99 Å². The van der Waals surface area contributed by atoms with Crippen LogP contribution in [0.5, 0.6) is 0 Å². The predicted molar refractivity (Wildman–Crippen MR) is 90.9 cm³/mol. The first-order chi connectivity index (χ1) is 10.1. The molecule has 1 amide bonds. The summed E-state index contributed by atoms with van der Waals surface area (Å²) in [5, 5.41) is 3.74. The maximum atomic E-state index is 12.0. The Morgan fingerprint density at radius 3 is 2.67 bits per heavy atom. The molecule has 0 spiro atoms. The summed E-state index contributed by atoms with van der Waals surface area (Å²) < 4.78 is 0. The van der Waals surface area contributed by atoms with Crippen LogP contribution in [-0.2, 0) is 11.3 Å². The molecule has 1 aliphatic heterocycles. The van der Waals surface area contributed by atoms with Crippen molar-refractivity contribution in [3.05, 3.63) is 50.6 Å². The van der Waals surface area contributed by atoms with Crippen molar-refractivity contribution in [2.75, 3.05) is 5.75 Å². The number of thiophene rings is 1. The van der Waals surface area contributed by atoms with E-state index in [4.69, 9.17) is 23.2 Å². The molecular weight excluding hydrogens is 347 g/mol. The van der Waals surface area contributed by atoms with Crippen LogP contribution in [-0.4, -0.2) is 21.7 Å². The highest BCUT2D eigenvalue weighted by molar-refractivity contribution is 8.15. The Kier molecular flexibility index (Phi) is 4.54. The summed E-state index contributed by atoms with van der Waals surface area (Å²) in [5.41, 5.74) is 0.654. The molecule has 0 N–H and O–H groups in total. The summed E-state index contributed by atoms with van der Waals surface area (Å²) in [6.45, 7) is 0.552. The number of aliphatic imine (C=N–C) groups is 1. The van der Waals surface area contributed by atoms with Gasteiger partial charge >= 0.3 is 0 Å². The molecular formula is C14H10Cl2N2OS2. The van der Waals surface area contributed by atoms with Gasteiger partial charge in [0.2, 0.25) is 5.91 Å². The lowest BCUT2D eigenvalue weighted by molar-refractivity contribution is -0.124. The number of carbonyl (C=O) groups excluding carboxylic acids is 1. The van der Waals surface area contributed by atoms with Crippen LogP contribution in [0.2, 0.25) is 10.0 Å². The SMILES string of the molecule is O=C1CSC(=Nc2cc(Cl)cc(Cl)c2)N1Cc1cccs1. The number of amides is 1. The third-order valence-electron chi connectivity index (χ3n) is 2.82. The molecule has 0 saturated carbocycles. The molecule has 1 aliphatic rings. The van der Waals surface area contributed by atoms with Crippen LogP contribution >= 0.6 is 46.3 Å². The zero-order valence-corrected chi connectivity index (χ0v) is 13.9.